The first-order valence-corrected chi connectivity index (χ1v) is 8.76. The maximum absolute atomic E-state index is 12.5. The molecule has 0 saturated carbocycles. The molecule has 1 atom stereocenters. The van der Waals surface area contributed by atoms with Crippen molar-refractivity contribution < 1.29 is 14.3 Å². The lowest BCUT2D eigenvalue weighted by molar-refractivity contribution is -0.128. The van der Waals surface area contributed by atoms with Gasteiger partial charge in [-0.25, -0.2) is 0 Å². The van der Waals surface area contributed by atoms with Gasteiger partial charge in [-0.1, -0.05) is 36.8 Å². The minimum atomic E-state index is -0.503. The number of ether oxygens (including phenoxy) is 2. The average Bonchev–Trinajstić information content (AvgIpc) is 2.60. The summed E-state index contributed by atoms with van der Waals surface area (Å²) in [6, 6.07) is 13.7. The molecular weight excluding hydrogens is 314 g/mol. The number of hydrogen-bond donors (Lipinski definition) is 1. The minimum absolute atomic E-state index is 0.107. The lowest BCUT2D eigenvalue weighted by Gasteiger charge is -2.19. The molecule has 4 nitrogen and oxygen atoms in total. The van der Waals surface area contributed by atoms with E-state index < -0.39 is 6.10 Å². The summed E-state index contributed by atoms with van der Waals surface area (Å²) in [7, 11) is 0. The highest BCUT2D eigenvalue weighted by molar-refractivity contribution is 5.81. The van der Waals surface area contributed by atoms with Crippen LogP contribution in [0.1, 0.15) is 37.0 Å². The molecule has 1 N–H and O–H groups in total. The van der Waals surface area contributed by atoms with E-state index in [1.807, 2.05) is 64.1 Å². The normalized spacial score (nSPS) is 11.7. The summed E-state index contributed by atoms with van der Waals surface area (Å²) in [6.07, 6.45) is 0.106. The van der Waals surface area contributed by atoms with Crippen LogP contribution >= 0.6 is 0 Å². The number of aryl methyl sites for hydroxylation is 2. The van der Waals surface area contributed by atoms with Gasteiger partial charge in [0, 0.05) is 6.54 Å². The molecule has 0 fully saturated rings. The molecule has 2 aromatic rings. The summed E-state index contributed by atoms with van der Waals surface area (Å²) in [4.78, 5) is 12.5. The zero-order chi connectivity index (χ0) is 18.2. The highest BCUT2D eigenvalue weighted by atomic mass is 16.5. The third-order valence-electron chi connectivity index (χ3n) is 3.94. The van der Waals surface area contributed by atoms with Crippen molar-refractivity contribution in [2.24, 2.45) is 0 Å². The van der Waals surface area contributed by atoms with Crippen LogP contribution in [0.25, 0.3) is 0 Å². The first-order valence-electron chi connectivity index (χ1n) is 8.76. The molecule has 0 aliphatic carbocycles. The number of nitrogens with one attached hydrogen (secondary N) is 1. The first kappa shape index (κ1) is 18.8. The van der Waals surface area contributed by atoms with E-state index in [1.54, 1.807) is 0 Å². The molecule has 0 aliphatic rings. The van der Waals surface area contributed by atoms with Crippen molar-refractivity contribution in [2.45, 2.75) is 46.8 Å². The first-order chi connectivity index (χ1) is 12.0. The third-order valence-corrected chi connectivity index (χ3v) is 3.94. The number of carbonyl (C=O) groups is 1. The molecule has 0 unspecified atom stereocenters. The summed E-state index contributed by atoms with van der Waals surface area (Å²) in [6.45, 7) is 9.00. The van der Waals surface area contributed by atoms with Crippen molar-refractivity contribution in [2.75, 3.05) is 6.61 Å². The number of amides is 1. The van der Waals surface area contributed by atoms with Crippen LogP contribution in [-0.2, 0) is 11.3 Å². The Labute approximate surface area is 150 Å². The van der Waals surface area contributed by atoms with Crippen molar-refractivity contribution in [3.63, 3.8) is 0 Å². The Hall–Kier alpha value is -2.49. The van der Waals surface area contributed by atoms with Crippen molar-refractivity contribution in [3.8, 4) is 11.5 Å². The second kappa shape index (κ2) is 9.11. The Morgan fingerprint density at radius 2 is 1.92 bits per heavy atom. The van der Waals surface area contributed by atoms with Crippen molar-refractivity contribution in [1.29, 1.82) is 0 Å². The lowest BCUT2D eigenvalue weighted by Crippen LogP contribution is -2.37. The van der Waals surface area contributed by atoms with E-state index in [2.05, 4.69) is 11.4 Å². The van der Waals surface area contributed by atoms with E-state index >= 15 is 0 Å². The summed E-state index contributed by atoms with van der Waals surface area (Å²) in [5.41, 5.74) is 3.22. The van der Waals surface area contributed by atoms with Gasteiger partial charge in [-0.2, -0.15) is 0 Å². The molecule has 0 heterocycles. The number of benzene rings is 2. The van der Waals surface area contributed by atoms with E-state index in [0.29, 0.717) is 19.6 Å². The second-order valence-corrected chi connectivity index (χ2v) is 6.08. The molecule has 0 bridgehead atoms. The molecule has 2 rings (SSSR count). The second-order valence-electron chi connectivity index (χ2n) is 6.08. The topological polar surface area (TPSA) is 47.6 Å². The van der Waals surface area contributed by atoms with Gasteiger partial charge < -0.3 is 14.8 Å². The maximum atomic E-state index is 12.5. The Kier molecular flexibility index (Phi) is 6.87. The molecule has 0 aliphatic heterocycles. The van der Waals surface area contributed by atoms with Crippen LogP contribution in [0.3, 0.4) is 0 Å². The average molecular weight is 341 g/mol. The van der Waals surface area contributed by atoms with Crippen molar-refractivity contribution in [3.05, 3.63) is 59.2 Å². The molecule has 0 radical (unpaired) electrons. The van der Waals surface area contributed by atoms with Crippen LogP contribution in [0.15, 0.2) is 42.5 Å². The van der Waals surface area contributed by atoms with Gasteiger partial charge in [-0.05, 0) is 56.5 Å². The van der Waals surface area contributed by atoms with Crippen LogP contribution in [0.4, 0.5) is 0 Å². The van der Waals surface area contributed by atoms with Gasteiger partial charge in [0.2, 0.25) is 0 Å². The fraction of sp³-hybridized carbons (Fsp3) is 0.381. The quantitative estimate of drug-likeness (QED) is 0.784. The largest absolute Gasteiger partial charge is 0.494 e. The Morgan fingerprint density at radius 3 is 2.60 bits per heavy atom. The highest BCUT2D eigenvalue weighted by Crippen LogP contribution is 2.21. The molecule has 0 spiro atoms. The predicted molar refractivity (Wildman–Crippen MR) is 100 cm³/mol. The standard InChI is InChI=1S/C21H27NO3/c1-5-19(25-20-11-10-15(3)12-16(20)4)21(23)22-14-17-8-7-9-18(13-17)24-6-2/h7-13,19H,5-6,14H2,1-4H3,(H,22,23)/t19-/m1/s1. The highest BCUT2D eigenvalue weighted by Gasteiger charge is 2.19. The van der Waals surface area contributed by atoms with E-state index in [0.717, 1.165) is 22.6 Å². The van der Waals surface area contributed by atoms with Gasteiger partial charge in [-0.15, -0.1) is 0 Å². The van der Waals surface area contributed by atoms with Crippen molar-refractivity contribution >= 4 is 5.91 Å². The van der Waals surface area contributed by atoms with Gasteiger partial charge >= 0.3 is 0 Å². The Bertz CT molecular complexity index is 712. The van der Waals surface area contributed by atoms with E-state index in [-0.39, 0.29) is 5.91 Å². The van der Waals surface area contributed by atoms with Gasteiger partial charge in [0.25, 0.3) is 5.91 Å². The molecule has 0 saturated heterocycles. The molecule has 25 heavy (non-hydrogen) atoms. The summed E-state index contributed by atoms with van der Waals surface area (Å²) in [5, 5.41) is 2.95. The Morgan fingerprint density at radius 1 is 1.12 bits per heavy atom. The molecule has 1 amide bonds. The van der Waals surface area contributed by atoms with Gasteiger partial charge in [-0.3, -0.25) is 4.79 Å². The smallest absolute Gasteiger partial charge is 0.261 e. The minimum Gasteiger partial charge on any atom is -0.494 e. The monoisotopic (exact) mass is 341 g/mol. The van der Waals surface area contributed by atoms with Crippen LogP contribution in [0, 0.1) is 13.8 Å². The van der Waals surface area contributed by atoms with Gasteiger partial charge in [0.1, 0.15) is 11.5 Å². The number of rotatable bonds is 8. The molecule has 2 aromatic carbocycles. The van der Waals surface area contributed by atoms with Gasteiger partial charge in [0.05, 0.1) is 6.61 Å². The summed E-state index contributed by atoms with van der Waals surface area (Å²) >= 11 is 0. The van der Waals surface area contributed by atoms with Crippen LogP contribution in [0.5, 0.6) is 11.5 Å². The SMILES string of the molecule is CCOc1cccc(CNC(=O)[C@@H](CC)Oc2ccc(C)cc2C)c1. The predicted octanol–water partition coefficient (Wildman–Crippen LogP) is 4.18. The van der Waals surface area contributed by atoms with E-state index in [1.165, 1.54) is 5.56 Å². The molecular formula is C21H27NO3. The van der Waals surface area contributed by atoms with Crippen LogP contribution in [0.2, 0.25) is 0 Å². The van der Waals surface area contributed by atoms with Crippen LogP contribution < -0.4 is 14.8 Å². The zero-order valence-electron chi connectivity index (χ0n) is 15.5. The van der Waals surface area contributed by atoms with Gasteiger partial charge in [0.15, 0.2) is 6.10 Å². The van der Waals surface area contributed by atoms with E-state index in [9.17, 15) is 4.79 Å². The number of hydrogen-bond acceptors (Lipinski definition) is 3. The fourth-order valence-corrected chi connectivity index (χ4v) is 2.62. The molecule has 0 aromatic heterocycles. The van der Waals surface area contributed by atoms with Crippen molar-refractivity contribution in [1.82, 2.24) is 5.32 Å². The molecule has 134 valence electrons. The van der Waals surface area contributed by atoms with E-state index in [4.69, 9.17) is 9.47 Å². The Balaban J connectivity index is 1.96. The zero-order valence-corrected chi connectivity index (χ0v) is 15.5. The lowest BCUT2D eigenvalue weighted by atomic mass is 10.1. The third kappa shape index (κ3) is 5.52. The summed E-state index contributed by atoms with van der Waals surface area (Å²) in [5.74, 6) is 1.46. The molecule has 4 heteroatoms. The van der Waals surface area contributed by atoms with Crippen LogP contribution in [-0.4, -0.2) is 18.6 Å². The summed E-state index contributed by atoms with van der Waals surface area (Å²) < 4.78 is 11.4. The maximum Gasteiger partial charge on any atom is 0.261 e. The number of carbonyl (C=O) groups excluding carboxylic acids is 1. The fourth-order valence-electron chi connectivity index (χ4n) is 2.62.